The molecule has 5 rings (SSSR count). The fourth-order valence-corrected chi connectivity index (χ4v) is 5.04. The fourth-order valence-electron chi connectivity index (χ4n) is 4.87. The van der Waals surface area contributed by atoms with Crippen molar-refractivity contribution < 1.29 is 28.3 Å². The van der Waals surface area contributed by atoms with Crippen LogP contribution in [0.1, 0.15) is 43.4 Å². The van der Waals surface area contributed by atoms with E-state index in [0.717, 1.165) is 6.08 Å². The third kappa shape index (κ3) is 8.38. The number of hydrogen-bond acceptors (Lipinski definition) is 10. The number of H-pyrrole nitrogens is 1. The first-order valence-corrected chi connectivity index (χ1v) is 15.4. The zero-order chi connectivity index (χ0) is 34.6. The number of nitrogens with one attached hydrogen (secondary N) is 3. The summed E-state index contributed by atoms with van der Waals surface area (Å²) in [6, 6.07) is 6.25. The molecule has 1 aliphatic heterocycles. The summed E-state index contributed by atoms with van der Waals surface area (Å²) in [6.45, 7) is 7.51. The lowest BCUT2D eigenvalue weighted by atomic mass is 10.1. The van der Waals surface area contributed by atoms with Gasteiger partial charge in [0.15, 0.2) is 5.82 Å². The number of benzene rings is 2. The molecule has 15 nitrogen and oxygen atoms in total. The summed E-state index contributed by atoms with van der Waals surface area (Å²) in [4.78, 5) is 63.3. The SMILES string of the molecule is CN1CCN(C(=O)CC(NC(=O)C=Cc2c(-n3cnnn3)ccc(Cl)c2F)C(=O)Nc2ccc3nc(C(=O)OC(C)(C)C)[nH]c3c2)CC1. The molecule has 3 amide bonds. The Morgan fingerprint density at radius 1 is 1.12 bits per heavy atom. The Morgan fingerprint density at radius 3 is 2.56 bits per heavy atom. The second-order valence-electron chi connectivity index (χ2n) is 12.1. The van der Waals surface area contributed by atoms with E-state index in [1.165, 1.54) is 29.2 Å². The number of likely N-dealkylation sites (N-methyl/N-ethyl adjacent to an activating group) is 1. The molecule has 0 aliphatic carbocycles. The van der Waals surface area contributed by atoms with Crippen molar-refractivity contribution in [2.75, 3.05) is 38.5 Å². The van der Waals surface area contributed by atoms with Crippen LogP contribution in [0.2, 0.25) is 5.02 Å². The van der Waals surface area contributed by atoms with Crippen molar-refractivity contribution >= 4 is 58.1 Å². The van der Waals surface area contributed by atoms with Crippen LogP contribution in [-0.4, -0.2) is 109 Å². The summed E-state index contributed by atoms with van der Waals surface area (Å²) in [7, 11) is 1.95. The van der Waals surface area contributed by atoms with Crippen molar-refractivity contribution in [2.45, 2.75) is 38.8 Å². The second kappa shape index (κ2) is 14.3. The average Bonchev–Trinajstić information content (AvgIpc) is 3.71. The molecule has 3 heterocycles. The molecule has 2 aromatic heterocycles. The van der Waals surface area contributed by atoms with Crippen LogP contribution in [0.3, 0.4) is 0 Å². The van der Waals surface area contributed by atoms with E-state index in [1.807, 2.05) is 7.05 Å². The summed E-state index contributed by atoms with van der Waals surface area (Å²) in [5.41, 5.74) is 0.662. The van der Waals surface area contributed by atoms with E-state index < -0.39 is 35.2 Å². The standard InChI is InChI=1S/C31H34ClFN10O5/c1-31(2,3)48-30(47)28-37-21-8-5-18(15-22(21)38-28)35-29(46)23(16-26(45)42-13-11-41(4)12-14-42)36-25(44)10-6-19-24(43-17-34-39-40-43)9-7-20(32)27(19)33/h5-10,15,17,23H,11-14,16H2,1-4H3,(H,35,46)(H,36,44)(H,37,38). The number of nitrogens with zero attached hydrogens (tertiary/aromatic N) is 7. The van der Waals surface area contributed by atoms with Crippen LogP contribution < -0.4 is 10.6 Å². The highest BCUT2D eigenvalue weighted by molar-refractivity contribution is 6.31. The normalized spacial score (nSPS) is 14.7. The van der Waals surface area contributed by atoms with Gasteiger partial charge < -0.3 is 30.2 Å². The number of amides is 3. The number of halogens is 2. The first-order valence-electron chi connectivity index (χ1n) is 15.0. The Balaban J connectivity index is 1.35. The van der Waals surface area contributed by atoms with Gasteiger partial charge in [-0.05, 0) is 74.7 Å². The smallest absolute Gasteiger partial charge is 0.374 e. The molecule has 1 fully saturated rings. The van der Waals surface area contributed by atoms with E-state index in [4.69, 9.17) is 16.3 Å². The minimum absolute atomic E-state index is 0.00233. The van der Waals surface area contributed by atoms with Crippen LogP contribution >= 0.6 is 11.6 Å². The van der Waals surface area contributed by atoms with Crippen molar-refractivity contribution in [2.24, 2.45) is 0 Å². The number of carbonyl (C=O) groups excluding carboxylic acids is 4. The van der Waals surface area contributed by atoms with Gasteiger partial charge >= 0.3 is 5.97 Å². The molecule has 4 aromatic rings. The lowest BCUT2D eigenvalue weighted by molar-refractivity contribution is -0.135. The number of aromatic amines is 1. The topological polar surface area (TPSA) is 180 Å². The highest BCUT2D eigenvalue weighted by atomic mass is 35.5. The predicted molar refractivity (Wildman–Crippen MR) is 174 cm³/mol. The molecule has 0 bridgehead atoms. The van der Waals surface area contributed by atoms with Gasteiger partial charge in [-0.25, -0.2) is 14.2 Å². The number of aromatic nitrogens is 6. The molecular weight excluding hydrogens is 647 g/mol. The zero-order valence-corrected chi connectivity index (χ0v) is 27.4. The van der Waals surface area contributed by atoms with E-state index in [-0.39, 0.29) is 34.4 Å². The van der Waals surface area contributed by atoms with E-state index in [1.54, 1.807) is 43.9 Å². The number of imidazole rings is 1. The van der Waals surface area contributed by atoms with Gasteiger partial charge in [0, 0.05) is 43.5 Å². The molecule has 252 valence electrons. The molecule has 3 N–H and O–H groups in total. The third-order valence-corrected chi connectivity index (χ3v) is 7.61. The summed E-state index contributed by atoms with van der Waals surface area (Å²) >= 11 is 5.99. The predicted octanol–water partition coefficient (Wildman–Crippen LogP) is 2.59. The zero-order valence-electron chi connectivity index (χ0n) is 26.7. The number of ether oxygens (including phenoxy) is 1. The van der Waals surface area contributed by atoms with Crippen LogP contribution in [0.5, 0.6) is 0 Å². The van der Waals surface area contributed by atoms with Gasteiger partial charge in [-0.15, -0.1) is 5.10 Å². The Labute approximate surface area is 279 Å². The molecule has 0 spiro atoms. The Morgan fingerprint density at radius 2 is 1.88 bits per heavy atom. The number of piperazine rings is 1. The molecule has 48 heavy (non-hydrogen) atoms. The summed E-state index contributed by atoms with van der Waals surface area (Å²) in [5, 5.41) is 16.0. The first kappa shape index (κ1) is 34.1. The van der Waals surface area contributed by atoms with Crippen molar-refractivity contribution in [3.8, 4) is 5.69 Å². The van der Waals surface area contributed by atoms with Crippen molar-refractivity contribution in [1.29, 1.82) is 0 Å². The lowest BCUT2D eigenvalue weighted by Crippen LogP contribution is -2.51. The molecule has 0 radical (unpaired) electrons. The number of anilines is 1. The molecular formula is C31H34ClFN10O5. The molecule has 1 aliphatic rings. The molecule has 2 aromatic carbocycles. The molecule has 1 unspecified atom stereocenters. The summed E-state index contributed by atoms with van der Waals surface area (Å²) in [5.74, 6) is -3.21. The maximum atomic E-state index is 15.0. The van der Waals surface area contributed by atoms with E-state index in [9.17, 15) is 19.2 Å². The number of fused-ring (bicyclic) bond motifs is 1. The molecule has 1 saturated heterocycles. The summed E-state index contributed by atoms with van der Waals surface area (Å²) in [6.07, 6.45) is 3.13. The number of esters is 1. The minimum atomic E-state index is -1.30. The largest absolute Gasteiger partial charge is 0.454 e. The van der Waals surface area contributed by atoms with E-state index in [0.29, 0.717) is 42.9 Å². The first-order chi connectivity index (χ1) is 22.8. The molecule has 0 saturated carbocycles. The minimum Gasteiger partial charge on any atom is -0.454 e. The van der Waals surface area contributed by atoms with Crippen LogP contribution in [0.15, 0.2) is 42.7 Å². The maximum absolute atomic E-state index is 15.0. The van der Waals surface area contributed by atoms with Gasteiger partial charge in [-0.1, -0.05) is 11.6 Å². The van der Waals surface area contributed by atoms with Crippen LogP contribution in [0, 0.1) is 5.82 Å². The van der Waals surface area contributed by atoms with Crippen molar-refractivity contribution in [3.05, 3.63) is 65.0 Å². The quantitative estimate of drug-likeness (QED) is 0.176. The van der Waals surface area contributed by atoms with E-state index >= 15 is 4.39 Å². The van der Waals surface area contributed by atoms with Crippen LogP contribution in [0.25, 0.3) is 22.8 Å². The van der Waals surface area contributed by atoms with Gasteiger partial charge in [0.2, 0.25) is 23.5 Å². The highest BCUT2D eigenvalue weighted by Crippen LogP contribution is 2.25. The Bertz CT molecular complexity index is 1860. The second-order valence-corrected chi connectivity index (χ2v) is 12.5. The van der Waals surface area contributed by atoms with Crippen LogP contribution in [0.4, 0.5) is 10.1 Å². The fraction of sp³-hybridized carbons (Fsp3) is 0.355. The number of carbonyl (C=O) groups is 4. The third-order valence-electron chi connectivity index (χ3n) is 7.32. The van der Waals surface area contributed by atoms with Gasteiger partial charge in [0.1, 0.15) is 18.0 Å². The summed E-state index contributed by atoms with van der Waals surface area (Å²) < 4.78 is 21.6. The Kier molecular flexibility index (Phi) is 10.1. The molecule has 17 heteroatoms. The molecule has 1 atom stereocenters. The monoisotopic (exact) mass is 680 g/mol. The number of tetrazole rings is 1. The Hall–Kier alpha value is -5.22. The lowest BCUT2D eigenvalue weighted by Gasteiger charge is -2.33. The average molecular weight is 681 g/mol. The van der Waals surface area contributed by atoms with Gasteiger partial charge in [-0.2, -0.15) is 4.68 Å². The van der Waals surface area contributed by atoms with Crippen LogP contribution in [-0.2, 0) is 19.1 Å². The highest BCUT2D eigenvalue weighted by Gasteiger charge is 2.28. The number of rotatable bonds is 9. The van der Waals surface area contributed by atoms with Crippen molar-refractivity contribution in [3.63, 3.8) is 0 Å². The van der Waals surface area contributed by atoms with Crippen molar-refractivity contribution in [1.82, 2.24) is 45.3 Å². The van der Waals surface area contributed by atoms with Gasteiger partial charge in [0.05, 0.1) is 28.2 Å². The van der Waals surface area contributed by atoms with Gasteiger partial charge in [0.25, 0.3) is 0 Å². The maximum Gasteiger partial charge on any atom is 0.374 e. The number of hydrogen-bond donors (Lipinski definition) is 3. The van der Waals surface area contributed by atoms with E-state index in [2.05, 4.69) is 41.0 Å². The van der Waals surface area contributed by atoms with Gasteiger partial charge in [-0.3, -0.25) is 14.4 Å².